The summed E-state index contributed by atoms with van der Waals surface area (Å²) in [5.74, 6) is -0.479. The van der Waals surface area contributed by atoms with Crippen LogP contribution in [0.1, 0.15) is 63.0 Å². The largest absolute Gasteiger partial charge is 0.385 e. The second-order valence-corrected chi connectivity index (χ2v) is 10.5. The number of benzene rings is 2. The molecule has 1 fully saturated rings. The van der Waals surface area contributed by atoms with Gasteiger partial charge in [0.1, 0.15) is 0 Å². The van der Waals surface area contributed by atoms with Crippen LogP contribution < -0.4 is 10.6 Å². The Morgan fingerprint density at radius 2 is 1.73 bits per heavy atom. The Morgan fingerprint density at radius 3 is 2.29 bits per heavy atom. The fraction of sp³-hybridized carbons (Fsp3) is 0.419. The predicted octanol–water partition coefficient (Wildman–Crippen LogP) is 4.10. The van der Waals surface area contributed by atoms with E-state index in [0.29, 0.717) is 44.3 Å². The molecule has 2 heterocycles. The number of nitro groups is 1. The molecule has 0 spiro atoms. The zero-order valence-electron chi connectivity index (χ0n) is 23.7. The minimum absolute atomic E-state index is 0.0264. The third-order valence-corrected chi connectivity index (χ3v) is 8.16. The molecule has 0 bridgehead atoms. The summed E-state index contributed by atoms with van der Waals surface area (Å²) < 4.78 is 0. The zero-order chi connectivity index (χ0) is 29.4. The number of hydrogen-bond acceptors (Lipinski definition) is 7. The van der Waals surface area contributed by atoms with Crippen LogP contribution in [0.2, 0.25) is 0 Å². The maximum Gasteiger partial charge on any atom is 0.269 e. The van der Waals surface area contributed by atoms with E-state index in [1.807, 2.05) is 44.2 Å². The van der Waals surface area contributed by atoms with Crippen LogP contribution in [0.5, 0.6) is 0 Å². The van der Waals surface area contributed by atoms with E-state index in [4.69, 9.17) is 0 Å². The molecule has 10 heteroatoms. The van der Waals surface area contributed by atoms with Crippen LogP contribution in [0.15, 0.2) is 77.4 Å². The van der Waals surface area contributed by atoms with Gasteiger partial charge < -0.3 is 25.5 Å². The molecule has 1 unspecified atom stereocenters. The highest BCUT2D eigenvalue weighted by Gasteiger charge is 2.35. The third kappa shape index (κ3) is 6.66. The number of nitrogens with one attached hydrogen (secondary N) is 2. The maximum atomic E-state index is 12.5. The van der Waals surface area contributed by atoms with E-state index < -0.39 is 16.4 Å². The van der Waals surface area contributed by atoms with Crippen molar-refractivity contribution in [2.24, 2.45) is 0 Å². The molecule has 2 aromatic rings. The van der Waals surface area contributed by atoms with Crippen molar-refractivity contribution >= 4 is 18.5 Å². The Balaban J connectivity index is 1.52. The second kappa shape index (κ2) is 13.6. The first-order chi connectivity index (χ1) is 19.8. The molecule has 0 saturated carbocycles. The predicted molar refractivity (Wildman–Crippen MR) is 156 cm³/mol. The average molecular weight is 562 g/mol. The van der Waals surface area contributed by atoms with Gasteiger partial charge in [0.25, 0.3) is 5.69 Å². The van der Waals surface area contributed by atoms with Crippen molar-refractivity contribution in [3.8, 4) is 0 Å². The second-order valence-electron chi connectivity index (χ2n) is 10.5. The van der Waals surface area contributed by atoms with Crippen molar-refractivity contribution in [3.05, 3.63) is 98.6 Å². The van der Waals surface area contributed by atoms with Gasteiger partial charge >= 0.3 is 0 Å². The number of non-ortho nitro benzene ring substituents is 1. The minimum atomic E-state index is -0.815. The number of likely N-dealkylation sites (tertiary alicyclic amines) is 1. The minimum Gasteiger partial charge on any atom is -0.385 e. The van der Waals surface area contributed by atoms with Crippen molar-refractivity contribution in [1.82, 2.24) is 20.4 Å². The van der Waals surface area contributed by atoms with Crippen LogP contribution in [-0.2, 0) is 15.2 Å². The van der Waals surface area contributed by atoms with Gasteiger partial charge in [0.15, 0.2) is 0 Å². The molecule has 1 saturated heterocycles. The molecule has 4 rings (SSSR count). The average Bonchev–Trinajstić information content (AvgIpc) is 3.00. The van der Waals surface area contributed by atoms with E-state index in [1.165, 1.54) is 12.1 Å². The zero-order valence-corrected chi connectivity index (χ0v) is 23.7. The summed E-state index contributed by atoms with van der Waals surface area (Å²) in [7, 11) is 0. The maximum absolute atomic E-state index is 12.5. The highest BCUT2D eigenvalue weighted by Crippen LogP contribution is 2.40. The van der Waals surface area contributed by atoms with E-state index in [0.717, 1.165) is 60.7 Å². The van der Waals surface area contributed by atoms with Crippen molar-refractivity contribution in [3.63, 3.8) is 0 Å². The molecule has 1 atom stereocenters. The highest BCUT2D eigenvalue weighted by molar-refractivity contribution is 5.60. The van der Waals surface area contributed by atoms with Crippen molar-refractivity contribution in [2.75, 3.05) is 26.2 Å². The van der Waals surface area contributed by atoms with E-state index in [9.17, 15) is 24.8 Å². The van der Waals surface area contributed by atoms with Gasteiger partial charge in [-0.05, 0) is 49.8 Å². The number of dihydropyridines is 1. The molecule has 218 valence electrons. The third-order valence-electron chi connectivity index (χ3n) is 8.16. The number of nitro benzene ring substituents is 1. The summed E-state index contributed by atoms with van der Waals surface area (Å²) >= 11 is 0. The lowest BCUT2D eigenvalue weighted by molar-refractivity contribution is -0.384. The van der Waals surface area contributed by atoms with Crippen molar-refractivity contribution < 1.29 is 19.6 Å². The summed E-state index contributed by atoms with van der Waals surface area (Å²) in [6.45, 7) is 6.74. The number of nitrogens with zero attached hydrogens (tertiary/aromatic N) is 3. The van der Waals surface area contributed by atoms with Gasteiger partial charge in [-0.15, -0.1) is 0 Å². The SMILES string of the molecule is CCC1=C(NC=O)C(c2ccc([N+](=O)[O-])cc2)C(N(C=O)CCCN2CCC(O)(c3ccccc3)CC2)=C(CC)N1. The molecule has 0 aliphatic carbocycles. The summed E-state index contributed by atoms with van der Waals surface area (Å²) in [6.07, 6.45) is 4.72. The van der Waals surface area contributed by atoms with Crippen LogP contribution in [0, 0.1) is 10.1 Å². The van der Waals surface area contributed by atoms with Crippen LogP contribution >= 0.6 is 0 Å². The Kier molecular flexibility index (Phi) is 9.91. The number of aliphatic hydroxyl groups is 1. The van der Waals surface area contributed by atoms with E-state index in [2.05, 4.69) is 15.5 Å². The van der Waals surface area contributed by atoms with E-state index in [-0.39, 0.29) is 5.69 Å². The topological polar surface area (TPSA) is 128 Å². The van der Waals surface area contributed by atoms with E-state index in [1.54, 1.807) is 17.0 Å². The van der Waals surface area contributed by atoms with Gasteiger partial charge in [0.2, 0.25) is 12.8 Å². The van der Waals surface area contributed by atoms with Crippen molar-refractivity contribution in [2.45, 2.75) is 57.5 Å². The Bertz CT molecular complexity index is 1280. The normalized spacial score (nSPS) is 19.0. The van der Waals surface area contributed by atoms with E-state index >= 15 is 0 Å². The van der Waals surface area contributed by atoms with Crippen LogP contribution in [0.4, 0.5) is 5.69 Å². The Hall–Kier alpha value is -4.02. The molecule has 3 N–H and O–H groups in total. The number of piperidine rings is 1. The number of carbonyl (C=O) groups excluding carboxylic acids is 2. The summed E-state index contributed by atoms with van der Waals surface area (Å²) in [5, 5.41) is 28.7. The van der Waals surface area contributed by atoms with Gasteiger partial charge in [-0.25, -0.2) is 0 Å². The summed E-state index contributed by atoms with van der Waals surface area (Å²) in [5.41, 5.74) is 3.93. The molecular formula is C31H39N5O5. The quantitative estimate of drug-likeness (QED) is 0.191. The lowest BCUT2D eigenvalue weighted by Gasteiger charge is -2.39. The molecular weight excluding hydrogens is 522 g/mol. The number of carbonyl (C=O) groups is 2. The summed E-state index contributed by atoms with van der Waals surface area (Å²) in [6, 6.07) is 16.1. The molecule has 41 heavy (non-hydrogen) atoms. The van der Waals surface area contributed by atoms with Gasteiger partial charge in [-0.3, -0.25) is 19.7 Å². The van der Waals surface area contributed by atoms with Gasteiger partial charge in [-0.2, -0.15) is 0 Å². The highest BCUT2D eigenvalue weighted by atomic mass is 16.6. The first kappa shape index (κ1) is 30.0. The lowest BCUT2D eigenvalue weighted by Crippen LogP contribution is -2.43. The van der Waals surface area contributed by atoms with Crippen LogP contribution in [0.25, 0.3) is 0 Å². The standard InChI is InChI=1S/C31H39N5O5/c1-3-26-29(32-21-37)28(23-11-13-25(14-12-23)36(40)41)30(27(4-2)33-26)35(22-38)18-8-17-34-19-15-31(39,16-20-34)24-9-6-5-7-10-24/h5-7,9-14,21-22,28,33,39H,3-4,8,15-20H2,1-2H3,(H,32,37). The lowest BCUT2D eigenvalue weighted by atomic mass is 9.84. The monoisotopic (exact) mass is 561 g/mol. The van der Waals surface area contributed by atoms with Crippen LogP contribution in [0.3, 0.4) is 0 Å². The molecule has 0 aromatic heterocycles. The first-order valence-corrected chi connectivity index (χ1v) is 14.2. The van der Waals surface area contributed by atoms with Gasteiger partial charge in [0, 0.05) is 43.2 Å². The van der Waals surface area contributed by atoms with Gasteiger partial charge in [0.05, 0.1) is 27.8 Å². The molecule has 2 aromatic carbocycles. The fourth-order valence-electron chi connectivity index (χ4n) is 5.91. The first-order valence-electron chi connectivity index (χ1n) is 14.2. The number of hydrogen-bond donors (Lipinski definition) is 3. The smallest absolute Gasteiger partial charge is 0.269 e. The summed E-state index contributed by atoms with van der Waals surface area (Å²) in [4.78, 5) is 39.0. The molecule has 10 nitrogen and oxygen atoms in total. The number of allylic oxidation sites excluding steroid dienone is 2. The van der Waals surface area contributed by atoms with Crippen LogP contribution in [-0.4, -0.2) is 58.8 Å². The van der Waals surface area contributed by atoms with Gasteiger partial charge in [-0.1, -0.05) is 56.3 Å². The Morgan fingerprint density at radius 1 is 1.07 bits per heavy atom. The molecule has 2 aliphatic heterocycles. The molecule has 2 amide bonds. The number of amides is 2. The fourth-order valence-corrected chi connectivity index (χ4v) is 5.91. The number of rotatable bonds is 13. The van der Waals surface area contributed by atoms with Crippen molar-refractivity contribution in [1.29, 1.82) is 0 Å². The Labute approximate surface area is 240 Å². The molecule has 2 aliphatic rings. The molecule has 0 radical (unpaired) electrons.